The predicted molar refractivity (Wildman–Crippen MR) is 100 cm³/mol. The van der Waals surface area contributed by atoms with Crippen molar-refractivity contribution in [3.63, 3.8) is 0 Å². The molecule has 1 aliphatic rings. The highest BCUT2D eigenvalue weighted by molar-refractivity contribution is 14.0. The fourth-order valence-electron chi connectivity index (χ4n) is 2.72. The molecule has 1 heterocycles. The van der Waals surface area contributed by atoms with E-state index in [1.165, 1.54) is 31.4 Å². The van der Waals surface area contributed by atoms with E-state index < -0.39 is 0 Å². The number of aliphatic imine (C=N–C) groups is 1. The molecule has 130 valence electrons. The van der Waals surface area contributed by atoms with Crippen LogP contribution in [0.15, 0.2) is 33.8 Å². The maximum absolute atomic E-state index is 13.2. The second kappa shape index (κ2) is 8.95. The lowest BCUT2D eigenvalue weighted by molar-refractivity contribution is 0.380. The maximum Gasteiger partial charge on any atom is 0.248 e. The quantitative estimate of drug-likeness (QED) is 0.429. The molecule has 1 fully saturated rings. The molecular weight excluding hydrogens is 424 g/mol. The maximum atomic E-state index is 13.2. The average molecular weight is 445 g/mol. The Balaban J connectivity index is 0.00000208. The Morgan fingerprint density at radius 2 is 2.12 bits per heavy atom. The number of nitrogens with two attached hydrogens (primary N) is 1. The number of rotatable bonds is 4. The van der Waals surface area contributed by atoms with Crippen LogP contribution in [0.4, 0.5) is 4.39 Å². The van der Waals surface area contributed by atoms with Gasteiger partial charge in [-0.05, 0) is 25.0 Å². The van der Waals surface area contributed by atoms with Gasteiger partial charge in [0.05, 0.1) is 0 Å². The molecule has 0 unspecified atom stereocenters. The summed E-state index contributed by atoms with van der Waals surface area (Å²) in [7, 11) is 0. The Morgan fingerprint density at radius 1 is 1.33 bits per heavy atom. The molecule has 1 saturated carbocycles. The summed E-state index contributed by atoms with van der Waals surface area (Å²) in [5.74, 6) is 0.737. The first-order valence-electron chi connectivity index (χ1n) is 7.86. The molecule has 1 aromatic carbocycles. The lowest BCUT2D eigenvalue weighted by atomic mass is 9.96. The minimum absolute atomic E-state index is 0. The second-order valence-electron chi connectivity index (χ2n) is 5.70. The van der Waals surface area contributed by atoms with Gasteiger partial charge in [0.15, 0.2) is 5.96 Å². The van der Waals surface area contributed by atoms with Crippen molar-refractivity contribution in [2.75, 3.05) is 0 Å². The monoisotopic (exact) mass is 445 g/mol. The Labute approximate surface area is 157 Å². The Hall–Kier alpha value is -1.71. The fraction of sp³-hybridized carbons (Fsp3) is 0.438. The van der Waals surface area contributed by atoms with E-state index >= 15 is 0 Å². The van der Waals surface area contributed by atoms with Gasteiger partial charge in [-0.25, -0.2) is 9.38 Å². The fourth-order valence-corrected chi connectivity index (χ4v) is 2.72. The number of hydrogen-bond donors (Lipinski definition) is 2. The first kappa shape index (κ1) is 18.6. The van der Waals surface area contributed by atoms with Gasteiger partial charge < -0.3 is 15.6 Å². The van der Waals surface area contributed by atoms with Crippen molar-refractivity contribution in [1.29, 1.82) is 0 Å². The van der Waals surface area contributed by atoms with Crippen LogP contribution in [0.3, 0.4) is 0 Å². The number of hydrogen-bond acceptors (Lipinski definition) is 4. The summed E-state index contributed by atoms with van der Waals surface area (Å²) in [5, 5.41) is 7.06. The number of halogens is 2. The van der Waals surface area contributed by atoms with Crippen molar-refractivity contribution in [1.82, 2.24) is 15.5 Å². The largest absolute Gasteiger partial charge is 0.370 e. The molecule has 0 amide bonds. The van der Waals surface area contributed by atoms with Gasteiger partial charge in [0.2, 0.25) is 11.7 Å². The molecule has 3 rings (SSSR count). The number of nitrogens with zero attached hydrogens (tertiary/aromatic N) is 3. The summed E-state index contributed by atoms with van der Waals surface area (Å²) >= 11 is 0. The van der Waals surface area contributed by atoms with Crippen LogP contribution in [0.2, 0.25) is 0 Å². The molecule has 0 radical (unpaired) electrons. The summed E-state index contributed by atoms with van der Waals surface area (Å²) in [4.78, 5) is 8.43. The van der Waals surface area contributed by atoms with Crippen LogP contribution in [0.25, 0.3) is 11.4 Å². The number of aromatic nitrogens is 2. The minimum atomic E-state index is -0.340. The van der Waals surface area contributed by atoms with E-state index in [9.17, 15) is 4.39 Å². The molecule has 0 bridgehead atoms. The van der Waals surface area contributed by atoms with Gasteiger partial charge in [-0.2, -0.15) is 4.98 Å². The van der Waals surface area contributed by atoms with Crippen LogP contribution in [0.5, 0.6) is 0 Å². The third-order valence-electron chi connectivity index (χ3n) is 3.89. The Kier molecular flexibility index (Phi) is 6.95. The SMILES string of the molecule is I.NC(=NCc1nc(-c2cccc(F)c2)no1)NC1CCCCC1. The van der Waals surface area contributed by atoms with Gasteiger partial charge in [0, 0.05) is 11.6 Å². The number of nitrogens with one attached hydrogen (secondary N) is 1. The van der Waals surface area contributed by atoms with Crippen LogP contribution in [-0.2, 0) is 6.54 Å². The van der Waals surface area contributed by atoms with Crippen molar-refractivity contribution in [2.24, 2.45) is 10.7 Å². The highest BCUT2D eigenvalue weighted by atomic mass is 127. The van der Waals surface area contributed by atoms with E-state index in [0.29, 0.717) is 29.3 Å². The average Bonchev–Trinajstić information content (AvgIpc) is 3.03. The van der Waals surface area contributed by atoms with Crippen molar-refractivity contribution in [3.8, 4) is 11.4 Å². The van der Waals surface area contributed by atoms with Crippen LogP contribution < -0.4 is 11.1 Å². The molecule has 8 heteroatoms. The highest BCUT2D eigenvalue weighted by Gasteiger charge is 2.14. The zero-order valence-corrected chi connectivity index (χ0v) is 15.6. The minimum Gasteiger partial charge on any atom is -0.370 e. The zero-order chi connectivity index (χ0) is 16.1. The molecule has 3 N–H and O–H groups in total. The molecule has 0 atom stereocenters. The molecule has 1 aromatic heterocycles. The summed E-state index contributed by atoms with van der Waals surface area (Å²) in [6.45, 7) is 0.202. The Bertz CT molecular complexity index is 685. The van der Waals surface area contributed by atoms with E-state index in [4.69, 9.17) is 10.3 Å². The molecule has 2 aromatic rings. The first-order chi connectivity index (χ1) is 11.2. The molecular formula is C16H21FIN5O. The van der Waals surface area contributed by atoms with E-state index in [-0.39, 0.29) is 36.3 Å². The highest BCUT2D eigenvalue weighted by Crippen LogP contribution is 2.18. The van der Waals surface area contributed by atoms with Crippen LogP contribution in [-0.4, -0.2) is 22.1 Å². The van der Waals surface area contributed by atoms with Gasteiger partial charge in [-0.3, -0.25) is 0 Å². The van der Waals surface area contributed by atoms with Crippen LogP contribution in [0, 0.1) is 5.82 Å². The van der Waals surface area contributed by atoms with Gasteiger partial charge in [-0.1, -0.05) is 36.6 Å². The number of benzene rings is 1. The third-order valence-corrected chi connectivity index (χ3v) is 3.89. The van der Waals surface area contributed by atoms with Gasteiger partial charge in [-0.15, -0.1) is 24.0 Å². The van der Waals surface area contributed by atoms with Crippen LogP contribution >= 0.6 is 24.0 Å². The smallest absolute Gasteiger partial charge is 0.248 e. The summed E-state index contributed by atoms with van der Waals surface area (Å²) < 4.78 is 18.3. The van der Waals surface area contributed by atoms with Crippen LogP contribution in [0.1, 0.15) is 38.0 Å². The summed E-state index contributed by atoms with van der Waals surface area (Å²) in [6.07, 6.45) is 6.00. The standard InChI is InChI=1S/C16H20FN5O.HI/c17-12-6-4-5-11(9-12)15-21-14(23-22-15)10-19-16(18)20-13-7-2-1-3-8-13;/h4-6,9,13H,1-3,7-8,10H2,(H3,18,19,20);1H. The topological polar surface area (TPSA) is 89.3 Å². The van der Waals surface area contributed by atoms with Crippen molar-refractivity contribution in [3.05, 3.63) is 36.0 Å². The third kappa shape index (κ3) is 5.15. The normalized spacial score (nSPS) is 15.8. The molecule has 0 aliphatic heterocycles. The first-order valence-corrected chi connectivity index (χ1v) is 7.86. The molecule has 0 spiro atoms. The summed E-state index contributed by atoms with van der Waals surface area (Å²) in [5.41, 5.74) is 6.46. The van der Waals surface area contributed by atoms with Crippen molar-refractivity contribution >= 4 is 29.9 Å². The van der Waals surface area contributed by atoms with E-state index in [0.717, 1.165) is 12.8 Å². The van der Waals surface area contributed by atoms with Crippen molar-refractivity contribution in [2.45, 2.75) is 44.7 Å². The van der Waals surface area contributed by atoms with E-state index in [1.54, 1.807) is 12.1 Å². The Morgan fingerprint density at radius 3 is 2.88 bits per heavy atom. The van der Waals surface area contributed by atoms with E-state index in [1.807, 2.05) is 0 Å². The van der Waals surface area contributed by atoms with Crippen molar-refractivity contribution < 1.29 is 8.91 Å². The van der Waals surface area contributed by atoms with Gasteiger partial charge >= 0.3 is 0 Å². The van der Waals surface area contributed by atoms with E-state index in [2.05, 4.69) is 20.4 Å². The number of guanidine groups is 1. The molecule has 6 nitrogen and oxygen atoms in total. The molecule has 1 aliphatic carbocycles. The zero-order valence-electron chi connectivity index (χ0n) is 13.2. The molecule has 0 saturated heterocycles. The predicted octanol–water partition coefficient (Wildman–Crippen LogP) is 3.23. The summed E-state index contributed by atoms with van der Waals surface area (Å²) in [6, 6.07) is 6.45. The second-order valence-corrected chi connectivity index (χ2v) is 5.70. The molecule has 24 heavy (non-hydrogen) atoms. The van der Waals surface area contributed by atoms with Gasteiger partial charge in [0.1, 0.15) is 12.4 Å². The van der Waals surface area contributed by atoms with Gasteiger partial charge in [0.25, 0.3) is 0 Å². The lowest BCUT2D eigenvalue weighted by Gasteiger charge is -2.22. The lowest BCUT2D eigenvalue weighted by Crippen LogP contribution is -2.41.